The predicted molar refractivity (Wildman–Crippen MR) is 76.7 cm³/mol. The number of amides is 5. The Bertz CT molecular complexity index is 650. The number of rotatable bonds is 6. The molecule has 1 aliphatic carbocycles. The van der Waals surface area contributed by atoms with Gasteiger partial charge in [0.1, 0.15) is 12.3 Å². The van der Waals surface area contributed by atoms with Gasteiger partial charge >= 0.3 is 17.8 Å². The molecule has 1 aliphatic heterocycles. The van der Waals surface area contributed by atoms with E-state index in [0.717, 1.165) is 17.7 Å². The molecule has 1 N–H and O–H groups in total. The first-order valence-electron chi connectivity index (χ1n) is 7.46. The molecule has 2 aliphatic rings. The summed E-state index contributed by atoms with van der Waals surface area (Å²) in [5.74, 6) is -1.54. The number of carbonyl (C=O) groups is 4. The molecular weight excluding hydrogens is 302 g/mol. The van der Waals surface area contributed by atoms with Gasteiger partial charge in [0.15, 0.2) is 0 Å². The molecule has 23 heavy (non-hydrogen) atoms. The summed E-state index contributed by atoms with van der Waals surface area (Å²) in [7, 11) is 0. The fourth-order valence-corrected chi connectivity index (χ4v) is 2.54. The van der Waals surface area contributed by atoms with Crippen molar-refractivity contribution in [2.75, 3.05) is 6.54 Å². The molecule has 122 valence electrons. The average Bonchev–Trinajstić information content (AvgIpc) is 3.21. The first-order valence-corrected chi connectivity index (χ1v) is 7.46. The molecule has 8 heteroatoms. The molecule has 1 aromatic heterocycles. The Hall–Kier alpha value is -2.64. The van der Waals surface area contributed by atoms with Crippen molar-refractivity contribution in [3.8, 4) is 0 Å². The topological polar surface area (TPSA) is 99.9 Å². The van der Waals surface area contributed by atoms with Crippen molar-refractivity contribution in [1.29, 1.82) is 0 Å². The maximum Gasteiger partial charge on any atom is 0.335 e. The van der Waals surface area contributed by atoms with E-state index in [9.17, 15) is 19.2 Å². The summed E-state index contributed by atoms with van der Waals surface area (Å²) in [6.45, 7) is 1.31. The van der Waals surface area contributed by atoms with Gasteiger partial charge in [-0.25, -0.2) is 14.6 Å². The second-order valence-electron chi connectivity index (χ2n) is 5.84. The maximum absolute atomic E-state index is 12.2. The van der Waals surface area contributed by atoms with Crippen LogP contribution in [0.25, 0.3) is 0 Å². The SMILES string of the molecule is C[C@H](NC(=O)CN1C(=O)C(=O)N(Cc2ccco2)C1=O)C1CC1. The zero-order chi connectivity index (χ0) is 16.6. The van der Waals surface area contributed by atoms with E-state index >= 15 is 0 Å². The van der Waals surface area contributed by atoms with Gasteiger partial charge in [0.25, 0.3) is 0 Å². The van der Waals surface area contributed by atoms with E-state index in [1.165, 1.54) is 6.26 Å². The summed E-state index contributed by atoms with van der Waals surface area (Å²) in [5.41, 5.74) is 0. The van der Waals surface area contributed by atoms with E-state index in [0.29, 0.717) is 16.6 Å². The minimum atomic E-state index is -0.990. The van der Waals surface area contributed by atoms with Gasteiger partial charge in [-0.15, -0.1) is 0 Å². The largest absolute Gasteiger partial charge is 0.467 e. The molecule has 0 unspecified atom stereocenters. The Morgan fingerprint density at radius 2 is 2.00 bits per heavy atom. The third kappa shape index (κ3) is 3.10. The highest BCUT2D eigenvalue weighted by molar-refractivity contribution is 6.44. The molecule has 2 fully saturated rings. The maximum atomic E-state index is 12.2. The number of nitrogens with one attached hydrogen (secondary N) is 1. The fourth-order valence-electron chi connectivity index (χ4n) is 2.54. The van der Waals surface area contributed by atoms with E-state index < -0.39 is 30.3 Å². The molecule has 0 bridgehead atoms. The molecule has 0 aromatic carbocycles. The highest BCUT2D eigenvalue weighted by Gasteiger charge is 2.45. The van der Waals surface area contributed by atoms with Crippen LogP contribution in [0.2, 0.25) is 0 Å². The third-order valence-electron chi connectivity index (χ3n) is 4.05. The van der Waals surface area contributed by atoms with Crippen LogP contribution in [-0.4, -0.2) is 46.1 Å². The normalized spacial score (nSPS) is 19.4. The van der Waals surface area contributed by atoms with Crippen LogP contribution in [0.5, 0.6) is 0 Å². The van der Waals surface area contributed by atoms with Crippen LogP contribution in [0, 0.1) is 5.92 Å². The van der Waals surface area contributed by atoms with Crippen LogP contribution in [0.3, 0.4) is 0 Å². The second kappa shape index (κ2) is 5.86. The van der Waals surface area contributed by atoms with Crippen molar-refractivity contribution in [3.05, 3.63) is 24.2 Å². The number of urea groups is 1. The lowest BCUT2D eigenvalue weighted by molar-refractivity contribution is -0.144. The van der Waals surface area contributed by atoms with Gasteiger partial charge in [-0.2, -0.15) is 0 Å². The van der Waals surface area contributed by atoms with Gasteiger partial charge in [0.2, 0.25) is 5.91 Å². The summed E-state index contributed by atoms with van der Waals surface area (Å²) >= 11 is 0. The van der Waals surface area contributed by atoms with Gasteiger partial charge < -0.3 is 9.73 Å². The molecule has 1 saturated carbocycles. The zero-order valence-corrected chi connectivity index (χ0v) is 12.7. The Balaban J connectivity index is 1.62. The van der Waals surface area contributed by atoms with Crippen molar-refractivity contribution in [3.63, 3.8) is 0 Å². The number of carbonyl (C=O) groups excluding carboxylic acids is 4. The monoisotopic (exact) mass is 319 g/mol. The molecule has 2 heterocycles. The van der Waals surface area contributed by atoms with Crippen LogP contribution in [0.4, 0.5) is 4.79 Å². The van der Waals surface area contributed by atoms with E-state index in [-0.39, 0.29) is 12.6 Å². The van der Waals surface area contributed by atoms with E-state index in [2.05, 4.69) is 5.32 Å². The third-order valence-corrected chi connectivity index (χ3v) is 4.05. The quantitative estimate of drug-likeness (QED) is 0.607. The Labute approximate surface area is 132 Å². The van der Waals surface area contributed by atoms with Crippen LogP contribution >= 0.6 is 0 Å². The van der Waals surface area contributed by atoms with Gasteiger partial charge in [0.05, 0.1) is 12.8 Å². The van der Waals surface area contributed by atoms with E-state index in [1.807, 2.05) is 6.92 Å². The highest BCUT2D eigenvalue weighted by atomic mass is 16.3. The molecule has 1 aromatic rings. The average molecular weight is 319 g/mol. The molecule has 0 radical (unpaired) electrons. The minimum Gasteiger partial charge on any atom is -0.467 e. The molecule has 0 spiro atoms. The lowest BCUT2D eigenvalue weighted by Crippen LogP contribution is -2.44. The number of hydrogen-bond acceptors (Lipinski definition) is 5. The van der Waals surface area contributed by atoms with Crippen LogP contribution < -0.4 is 5.32 Å². The highest BCUT2D eigenvalue weighted by Crippen LogP contribution is 2.32. The van der Waals surface area contributed by atoms with Crippen molar-refractivity contribution in [2.45, 2.75) is 32.4 Å². The number of furan rings is 1. The molecule has 1 saturated heterocycles. The zero-order valence-electron chi connectivity index (χ0n) is 12.7. The standard InChI is InChI=1S/C15H17N3O5/c1-9(10-4-5-10)16-12(19)8-18-14(21)13(20)17(15(18)22)7-11-3-2-6-23-11/h2-3,6,9-10H,4-5,7-8H2,1H3,(H,16,19)/t9-/m0/s1. The van der Waals surface area contributed by atoms with E-state index in [4.69, 9.17) is 4.42 Å². The van der Waals surface area contributed by atoms with Crippen LogP contribution in [-0.2, 0) is 20.9 Å². The lowest BCUT2D eigenvalue weighted by Gasteiger charge is -2.17. The van der Waals surface area contributed by atoms with Crippen LogP contribution in [0.15, 0.2) is 22.8 Å². The molecule has 5 amide bonds. The minimum absolute atomic E-state index is 0.00484. The summed E-state index contributed by atoms with van der Waals surface area (Å²) in [6, 6.07) is 2.42. The molecule has 8 nitrogen and oxygen atoms in total. The predicted octanol–water partition coefficient (Wildman–Crippen LogP) is 0.485. The van der Waals surface area contributed by atoms with E-state index in [1.54, 1.807) is 12.1 Å². The Morgan fingerprint density at radius 3 is 2.61 bits per heavy atom. The fraction of sp³-hybridized carbons (Fsp3) is 0.467. The molecular formula is C15H17N3O5. The van der Waals surface area contributed by atoms with Crippen molar-refractivity contribution < 1.29 is 23.6 Å². The second-order valence-corrected chi connectivity index (χ2v) is 5.84. The Morgan fingerprint density at radius 1 is 1.30 bits per heavy atom. The van der Waals surface area contributed by atoms with Crippen molar-refractivity contribution in [2.24, 2.45) is 5.92 Å². The number of imide groups is 2. The van der Waals surface area contributed by atoms with Crippen molar-refractivity contribution >= 4 is 23.8 Å². The van der Waals surface area contributed by atoms with Gasteiger partial charge in [0, 0.05) is 6.04 Å². The van der Waals surface area contributed by atoms with Crippen LogP contribution in [0.1, 0.15) is 25.5 Å². The lowest BCUT2D eigenvalue weighted by atomic mass is 10.2. The molecule has 3 rings (SSSR count). The van der Waals surface area contributed by atoms with Gasteiger partial charge in [-0.05, 0) is 37.8 Å². The number of nitrogens with zero attached hydrogens (tertiary/aromatic N) is 2. The first-order chi connectivity index (χ1) is 11.0. The summed E-state index contributed by atoms with van der Waals surface area (Å²) in [5, 5.41) is 2.75. The smallest absolute Gasteiger partial charge is 0.335 e. The first kappa shape index (κ1) is 15.3. The van der Waals surface area contributed by atoms with Gasteiger partial charge in [-0.3, -0.25) is 14.4 Å². The number of hydrogen-bond donors (Lipinski definition) is 1. The molecule has 1 atom stereocenters. The summed E-state index contributed by atoms with van der Waals surface area (Å²) in [6.07, 6.45) is 3.55. The van der Waals surface area contributed by atoms with Gasteiger partial charge in [-0.1, -0.05) is 0 Å². The summed E-state index contributed by atoms with van der Waals surface area (Å²) in [4.78, 5) is 49.4. The summed E-state index contributed by atoms with van der Waals surface area (Å²) < 4.78 is 5.07. The van der Waals surface area contributed by atoms with Crippen molar-refractivity contribution in [1.82, 2.24) is 15.1 Å². The Kier molecular flexibility index (Phi) is 3.89.